The van der Waals surface area contributed by atoms with Crippen LogP contribution in [0.25, 0.3) is 0 Å². The van der Waals surface area contributed by atoms with E-state index < -0.39 is 29.9 Å². The van der Waals surface area contributed by atoms with Crippen molar-refractivity contribution in [1.82, 2.24) is 15.6 Å². The Kier molecular flexibility index (Phi) is 11.5. The maximum atomic E-state index is 13.4. The fraction of sp³-hybridized carbons (Fsp3) is 0.222. The first kappa shape index (κ1) is 32.9. The second-order valence-corrected chi connectivity index (χ2v) is 9.46. The molecule has 0 radical (unpaired) electrons. The Bertz CT molecular complexity index is 1490. The quantitative estimate of drug-likeness (QED) is 0.175. The number of urea groups is 1. The van der Waals surface area contributed by atoms with E-state index in [-0.39, 0.29) is 58.7 Å². The number of hydrogen-bond donors (Lipinski definition) is 5. The van der Waals surface area contributed by atoms with Gasteiger partial charge in [-0.15, -0.1) is 0 Å². The molecule has 5 N–H and O–H groups in total. The van der Waals surface area contributed by atoms with Crippen LogP contribution in [0.5, 0.6) is 5.75 Å². The summed E-state index contributed by atoms with van der Waals surface area (Å²) in [5, 5.41) is 12.6. The van der Waals surface area contributed by atoms with Crippen molar-refractivity contribution in [3.05, 3.63) is 75.9 Å². The van der Waals surface area contributed by atoms with E-state index in [1.807, 2.05) is 0 Å². The van der Waals surface area contributed by atoms with Crippen molar-refractivity contribution in [2.45, 2.75) is 19.5 Å². The van der Waals surface area contributed by atoms with Gasteiger partial charge in [0, 0.05) is 24.3 Å². The number of anilines is 3. The molecule has 0 fully saturated rings. The third kappa shape index (κ3) is 9.75. The number of aromatic nitrogens is 1. The number of carbonyl (C=O) groups excluding carboxylic acids is 4. The van der Waals surface area contributed by atoms with E-state index in [9.17, 15) is 32.3 Å². The first-order valence-corrected chi connectivity index (χ1v) is 13.3. The van der Waals surface area contributed by atoms with Gasteiger partial charge in [0.05, 0.1) is 34.1 Å². The fourth-order valence-corrected chi connectivity index (χ4v) is 3.77. The van der Waals surface area contributed by atoms with Crippen LogP contribution in [-0.2, 0) is 4.79 Å². The molecule has 228 valence electrons. The number of ether oxygens (including phenoxy) is 1. The number of hydrogen-bond acceptors (Lipinski definition) is 6. The maximum absolute atomic E-state index is 13.4. The lowest BCUT2D eigenvalue weighted by Crippen LogP contribution is -2.37. The lowest BCUT2D eigenvalue weighted by atomic mass is 10.1. The van der Waals surface area contributed by atoms with Gasteiger partial charge < -0.3 is 31.3 Å². The number of rotatable bonds is 11. The Balaban J connectivity index is 1.83. The molecule has 5 amide bonds. The number of halogens is 5. The van der Waals surface area contributed by atoms with Crippen LogP contribution >= 0.6 is 23.2 Å². The van der Waals surface area contributed by atoms with Gasteiger partial charge in [0.15, 0.2) is 5.75 Å². The molecule has 0 atom stereocenters. The molecule has 1 aromatic heterocycles. The van der Waals surface area contributed by atoms with E-state index in [4.69, 9.17) is 27.9 Å². The molecule has 0 bridgehead atoms. The van der Waals surface area contributed by atoms with Crippen LogP contribution < -0.4 is 31.3 Å². The van der Waals surface area contributed by atoms with Crippen LogP contribution in [0, 0.1) is 0 Å². The van der Waals surface area contributed by atoms with Crippen LogP contribution in [0.1, 0.15) is 34.1 Å². The first-order valence-electron chi connectivity index (χ1n) is 12.6. The summed E-state index contributed by atoms with van der Waals surface area (Å²) in [6.07, 6.45) is -3.75. The van der Waals surface area contributed by atoms with Gasteiger partial charge in [-0.05, 0) is 55.8 Å². The average Bonchev–Trinajstić information content (AvgIpc) is 2.95. The highest BCUT2D eigenvalue weighted by Gasteiger charge is 2.38. The lowest BCUT2D eigenvalue weighted by Gasteiger charge is -2.18. The van der Waals surface area contributed by atoms with Crippen LogP contribution in [0.3, 0.4) is 0 Å². The van der Waals surface area contributed by atoms with Gasteiger partial charge in [-0.3, -0.25) is 14.4 Å². The van der Waals surface area contributed by atoms with E-state index >= 15 is 0 Å². The lowest BCUT2D eigenvalue weighted by molar-refractivity contribution is -0.173. The molecule has 0 saturated heterocycles. The zero-order valence-electron chi connectivity index (χ0n) is 22.4. The minimum atomic E-state index is -5.03. The Morgan fingerprint density at radius 1 is 0.860 bits per heavy atom. The van der Waals surface area contributed by atoms with Gasteiger partial charge in [-0.1, -0.05) is 29.3 Å². The van der Waals surface area contributed by atoms with Crippen molar-refractivity contribution >= 4 is 64.1 Å². The summed E-state index contributed by atoms with van der Waals surface area (Å²) in [4.78, 5) is 53.7. The number of benzene rings is 2. The molecule has 3 aromatic rings. The van der Waals surface area contributed by atoms with E-state index in [0.717, 1.165) is 0 Å². The van der Waals surface area contributed by atoms with Crippen LogP contribution in [0.4, 0.5) is 35.2 Å². The molecule has 16 heteroatoms. The highest BCUT2D eigenvalue weighted by Crippen LogP contribution is 2.31. The van der Waals surface area contributed by atoms with Crippen molar-refractivity contribution in [3.63, 3.8) is 0 Å². The minimum Gasteiger partial charge on any atom is -0.490 e. The molecule has 0 unspecified atom stereocenters. The first-order chi connectivity index (χ1) is 20.4. The predicted molar refractivity (Wildman–Crippen MR) is 155 cm³/mol. The number of nitrogens with one attached hydrogen (secondary N) is 5. The zero-order chi connectivity index (χ0) is 31.6. The largest absolute Gasteiger partial charge is 0.490 e. The van der Waals surface area contributed by atoms with E-state index in [0.29, 0.717) is 11.6 Å². The monoisotopic (exact) mass is 640 g/mol. The maximum Gasteiger partial charge on any atom is 0.471 e. The van der Waals surface area contributed by atoms with E-state index in [1.54, 1.807) is 12.2 Å². The molecule has 0 aliphatic heterocycles. The number of pyridine rings is 1. The molecule has 0 saturated carbocycles. The van der Waals surface area contributed by atoms with Gasteiger partial charge in [-0.2, -0.15) is 13.2 Å². The van der Waals surface area contributed by atoms with E-state index in [2.05, 4.69) is 26.3 Å². The van der Waals surface area contributed by atoms with Gasteiger partial charge >= 0.3 is 18.1 Å². The summed E-state index contributed by atoms with van der Waals surface area (Å²) in [5.74, 6) is -3.39. The van der Waals surface area contributed by atoms with Crippen molar-refractivity contribution in [3.8, 4) is 5.75 Å². The Morgan fingerprint density at radius 3 is 2.26 bits per heavy atom. The zero-order valence-corrected chi connectivity index (χ0v) is 23.9. The minimum absolute atomic E-state index is 0.00271. The SMILES string of the molecule is CCNC(=O)Nc1cccc(C(=O)Nc2ccc(Cl)cc2C(=O)Nc2ccc(Cl)cn2)c1OCCCNC(=O)C(F)(F)F. The second-order valence-electron chi connectivity index (χ2n) is 8.58. The van der Waals surface area contributed by atoms with Crippen LogP contribution in [0.2, 0.25) is 10.0 Å². The van der Waals surface area contributed by atoms with Crippen molar-refractivity contribution in [1.29, 1.82) is 0 Å². The third-order valence-electron chi connectivity index (χ3n) is 5.40. The Hall–Kier alpha value is -4.56. The number of para-hydroxylation sites is 1. The second kappa shape index (κ2) is 15.1. The highest BCUT2D eigenvalue weighted by molar-refractivity contribution is 6.31. The molecular weight excluding hydrogens is 616 g/mol. The van der Waals surface area contributed by atoms with Crippen molar-refractivity contribution in [2.24, 2.45) is 0 Å². The van der Waals surface area contributed by atoms with Gasteiger partial charge in [0.1, 0.15) is 5.82 Å². The van der Waals surface area contributed by atoms with Crippen LogP contribution in [-0.4, -0.2) is 54.6 Å². The summed E-state index contributed by atoms with van der Waals surface area (Å²) in [6.45, 7) is 1.40. The number of carbonyl (C=O) groups is 4. The highest BCUT2D eigenvalue weighted by atomic mass is 35.5. The summed E-state index contributed by atoms with van der Waals surface area (Å²) < 4.78 is 43.0. The smallest absolute Gasteiger partial charge is 0.471 e. The molecule has 43 heavy (non-hydrogen) atoms. The van der Waals surface area contributed by atoms with Crippen LogP contribution in [0.15, 0.2) is 54.7 Å². The van der Waals surface area contributed by atoms with Gasteiger partial charge in [0.25, 0.3) is 11.8 Å². The average molecular weight is 641 g/mol. The fourth-order valence-electron chi connectivity index (χ4n) is 3.48. The normalized spacial score (nSPS) is 10.8. The molecule has 0 aliphatic carbocycles. The topological polar surface area (TPSA) is 151 Å². The molecule has 2 aromatic carbocycles. The summed E-state index contributed by atoms with van der Waals surface area (Å²) >= 11 is 11.9. The Morgan fingerprint density at radius 2 is 1.58 bits per heavy atom. The number of amides is 5. The Labute approximate surface area is 253 Å². The summed E-state index contributed by atoms with van der Waals surface area (Å²) in [5.41, 5.74) is 0.0796. The predicted octanol–water partition coefficient (Wildman–Crippen LogP) is 5.48. The standard InChI is InChI=1S/C27H25Cl2F3N6O5/c1-2-33-26(42)37-20-6-3-5-17(22(20)43-12-4-11-34-25(41)27(30,31)32)23(39)36-19-9-7-15(28)13-18(19)24(40)38-21-10-8-16(29)14-35-21/h3,5-10,13-14H,2,4,11-12H2,1H3,(H,34,41)(H,36,39)(H2,33,37,42)(H,35,38,40). The summed E-state index contributed by atoms with van der Waals surface area (Å²) in [7, 11) is 0. The van der Waals surface area contributed by atoms with E-state index in [1.165, 1.54) is 54.7 Å². The van der Waals surface area contributed by atoms with Gasteiger partial charge in [0.2, 0.25) is 0 Å². The molecule has 0 spiro atoms. The van der Waals surface area contributed by atoms with Gasteiger partial charge in [-0.25, -0.2) is 9.78 Å². The number of nitrogens with zero attached hydrogens (tertiary/aromatic N) is 1. The number of alkyl halides is 3. The molecular formula is C27H25Cl2F3N6O5. The molecule has 1 heterocycles. The van der Waals surface area contributed by atoms with Crippen molar-refractivity contribution in [2.75, 3.05) is 35.6 Å². The third-order valence-corrected chi connectivity index (χ3v) is 5.86. The summed E-state index contributed by atoms with van der Waals surface area (Å²) in [6, 6.07) is 10.9. The molecule has 3 rings (SSSR count). The molecule has 11 nitrogen and oxygen atoms in total. The molecule has 0 aliphatic rings. The van der Waals surface area contributed by atoms with Crippen molar-refractivity contribution < 1.29 is 37.1 Å².